The molecule has 2 aromatic carbocycles. The topological polar surface area (TPSA) is 87.7 Å². The lowest BCUT2D eigenvalue weighted by molar-refractivity contribution is -0.128. The summed E-state index contributed by atoms with van der Waals surface area (Å²) in [6, 6.07) is 14.3. The van der Waals surface area contributed by atoms with Gasteiger partial charge in [-0.1, -0.05) is 35.9 Å². The van der Waals surface area contributed by atoms with Crippen LogP contribution in [0.3, 0.4) is 0 Å². The summed E-state index contributed by atoms with van der Waals surface area (Å²) in [6.07, 6.45) is 1.68. The summed E-state index contributed by atoms with van der Waals surface area (Å²) in [5.74, 6) is 0.202. The summed E-state index contributed by atoms with van der Waals surface area (Å²) < 4.78 is 5.38. The highest BCUT2D eigenvalue weighted by atomic mass is 16.5. The van der Waals surface area contributed by atoms with Crippen LogP contribution in [0.4, 0.5) is 0 Å². The first-order chi connectivity index (χ1) is 15.4. The molecule has 1 saturated heterocycles. The van der Waals surface area contributed by atoms with Crippen LogP contribution in [0.1, 0.15) is 41.3 Å². The van der Waals surface area contributed by atoms with E-state index in [0.29, 0.717) is 43.7 Å². The molecule has 3 amide bonds. The molecule has 0 spiro atoms. The van der Waals surface area contributed by atoms with Gasteiger partial charge >= 0.3 is 0 Å². The molecule has 1 aliphatic rings. The SMILES string of the molecule is COc1ccccc1C[C@H](NC(C)=O)C(=O)NC1CCN(C(=O)c2ccc(C)cc2)CC1. The zero-order chi connectivity index (χ0) is 23.1. The Balaban J connectivity index is 1.58. The summed E-state index contributed by atoms with van der Waals surface area (Å²) in [4.78, 5) is 39.2. The van der Waals surface area contributed by atoms with Gasteiger partial charge in [-0.05, 0) is 43.5 Å². The first kappa shape index (κ1) is 23.3. The van der Waals surface area contributed by atoms with Gasteiger partial charge in [0.25, 0.3) is 5.91 Å². The number of piperidine rings is 1. The smallest absolute Gasteiger partial charge is 0.253 e. The number of benzene rings is 2. The van der Waals surface area contributed by atoms with E-state index < -0.39 is 6.04 Å². The van der Waals surface area contributed by atoms with Crippen molar-refractivity contribution in [3.05, 3.63) is 65.2 Å². The Bertz CT molecular complexity index is 950. The van der Waals surface area contributed by atoms with Crippen LogP contribution in [0.15, 0.2) is 48.5 Å². The standard InChI is InChI=1S/C25H31N3O4/c1-17-8-10-19(11-9-17)25(31)28-14-12-21(13-15-28)27-24(30)22(26-18(2)29)16-20-6-4-5-7-23(20)32-3/h4-11,21-22H,12-16H2,1-3H3,(H,26,29)(H,27,30)/t22-/m0/s1. The lowest BCUT2D eigenvalue weighted by atomic mass is 10.0. The van der Waals surface area contributed by atoms with Crippen LogP contribution < -0.4 is 15.4 Å². The van der Waals surface area contributed by atoms with Crippen LogP contribution in [0.25, 0.3) is 0 Å². The van der Waals surface area contributed by atoms with Crippen molar-refractivity contribution in [3.8, 4) is 5.75 Å². The molecule has 32 heavy (non-hydrogen) atoms. The summed E-state index contributed by atoms with van der Waals surface area (Å²) in [5.41, 5.74) is 2.65. The molecule has 3 rings (SSSR count). The molecule has 0 bridgehead atoms. The summed E-state index contributed by atoms with van der Waals surface area (Å²) >= 11 is 0. The monoisotopic (exact) mass is 437 g/mol. The molecule has 1 heterocycles. The van der Waals surface area contributed by atoms with E-state index in [0.717, 1.165) is 11.1 Å². The third-order valence-corrected chi connectivity index (χ3v) is 5.74. The molecule has 7 nitrogen and oxygen atoms in total. The number of methoxy groups -OCH3 is 1. The van der Waals surface area contributed by atoms with Crippen LogP contribution in [0.2, 0.25) is 0 Å². The number of ether oxygens (including phenoxy) is 1. The van der Waals surface area contributed by atoms with E-state index in [9.17, 15) is 14.4 Å². The van der Waals surface area contributed by atoms with E-state index in [4.69, 9.17) is 4.74 Å². The van der Waals surface area contributed by atoms with Crippen LogP contribution >= 0.6 is 0 Å². The Labute approximate surface area is 189 Å². The lowest BCUT2D eigenvalue weighted by Gasteiger charge is -2.33. The Morgan fingerprint density at radius 3 is 2.34 bits per heavy atom. The van der Waals surface area contributed by atoms with E-state index >= 15 is 0 Å². The van der Waals surface area contributed by atoms with Gasteiger partial charge in [0, 0.05) is 38.0 Å². The minimum atomic E-state index is -0.698. The van der Waals surface area contributed by atoms with E-state index in [2.05, 4.69) is 10.6 Å². The number of aryl methyl sites for hydroxylation is 1. The van der Waals surface area contributed by atoms with Gasteiger partial charge in [-0.3, -0.25) is 14.4 Å². The fourth-order valence-electron chi connectivity index (χ4n) is 3.95. The molecule has 0 unspecified atom stereocenters. The zero-order valence-electron chi connectivity index (χ0n) is 18.9. The second kappa shape index (κ2) is 10.8. The third-order valence-electron chi connectivity index (χ3n) is 5.74. The number of carbonyl (C=O) groups excluding carboxylic acids is 3. The molecule has 1 aliphatic heterocycles. The molecule has 7 heteroatoms. The lowest BCUT2D eigenvalue weighted by Crippen LogP contribution is -2.53. The predicted molar refractivity (Wildman–Crippen MR) is 123 cm³/mol. The number of nitrogens with one attached hydrogen (secondary N) is 2. The van der Waals surface area contributed by atoms with Crippen LogP contribution in [0, 0.1) is 6.92 Å². The number of hydrogen-bond acceptors (Lipinski definition) is 4. The number of nitrogens with zero attached hydrogens (tertiary/aromatic N) is 1. The maximum absolute atomic E-state index is 13.0. The molecule has 1 atom stereocenters. The van der Waals surface area contributed by atoms with Crippen molar-refractivity contribution in [1.29, 1.82) is 0 Å². The highest BCUT2D eigenvalue weighted by molar-refractivity contribution is 5.94. The van der Waals surface area contributed by atoms with Gasteiger partial charge in [0.2, 0.25) is 11.8 Å². The Morgan fingerprint density at radius 1 is 1.06 bits per heavy atom. The predicted octanol–water partition coefficient (Wildman–Crippen LogP) is 2.47. The molecule has 0 aromatic heterocycles. The zero-order valence-corrected chi connectivity index (χ0v) is 18.9. The molecule has 0 saturated carbocycles. The number of rotatable bonds is 7. The van der Waals surface area contributed by atoms with Gasteiger partial charge in [0.05, 0.1) is 7.11 Å². The molecule has 0 radical (unpaired) electrons. The first-order valence-corrected chi connectivity index (χ1v) is 10.9. The summed E-state index contributed by atoms with van der Waals surface area (Å²) in [7, 11) is 1.58. The molecule has 0 aliphatic carbocycles. The van der Waals surface area contributed by atoms with Gasteiger partial charge in [0.1, 0.15) is 11.8 Å². The second-order valence-electron chi connectivity index (χ2n) is 8.21. The van der Waals surface area contributed by atoms with Crippen LogP contribution in [-0.2, 0) is 16.0 Å². The van der Waals surface area contributed by atoms with Gasteiger partial charge in [-0.15, -0.1) is 0 Å². The van der Waals surface area contributed by atoms with Crippen molar-refractivity contribution in [1.82, 2.24) is 15.5 Å². The van der Waals surface area contributed by atoms with Crippen LogP contribution in [0.5, 0.6) is 5.75 Å². The normalized spacial score (nSPS) is 15.0. The van der Waals surface area contributed by atoms with Crippen molar-refractivity contribution in [3.63, 3.8) is 0 Å². The van der Waals surface area contributed by atoms with Crippen molar-refractivity contribution in [2.75, 3.05) is 20.2 Å². The highest BCUT2D eigenvalue weighted by Gasteiger charge is 2.28. The van der Waals surface area contributed by atoms with Crippen LogP contribution in [-0.4, -0.2) is 54.9 Å². The van der Waals surface area contributed by atoms with Crippen molar-refractivity contribution >= 4 is 17.7 Å². The number of likely N-dealkylation sites (tertiary alicyclic amines) is 1. The minimum absolute atomic E-state index is 0.0158. The van der Waals surface area contributed by atoms with Crippen molar-refractivity contribution < 1.29 is 19.1 Å². The molecule has 170 valence electrons. The minimum Gasteiger partial charge on any atom is -0.496 e. The quantitative estimate of drug-likeness (QED) is 0.697. The maximum Gasteiger partial charge on any atom is 0.253 e. The van der Waals surface area contributed by atoms with Gasteiger partial charge in [0.15, 0.2) is 0 Å². The molecular weight excluding hydrogens is 406 g/mol. The largest absolute Gasteiger partial charge is 0.496 e. The van der Waals surface area contributed by atoms with Crippen molar-refractivity contribution in [2.45, 2.75) is 45.2 Å². The van der Waals surface area contributed by atoms with Gasteiger partial charge < -0.3 is 20.3 Å². The maximum atomic E-state index is 13.0. The fourth-order valence-corrected chi connectivity index (χ4v) is 3.95. The Hall–Kier alpha value is -3.35. The molecular formula is C25H31N3O4. The average molecular weight is 438 g/mol. The highest BCUT2D eigenvalue weighted by Crippen LogP contribution is 2.20. The number of carbonyl (C=O) groups is 3. The van der Waals surface area contributed by atoms with E-state index in [-0.39, 0.29) is 23.8 Å². The fraction of sp³-hybridized carbons (Fsp3) is 0.400. The third kappa shape index (κ3) is 6.09. The molecule has 1 fully saturated rings. The molecule has 2 N–H and O–H groups in total. The molecule has 2 aromatic rings. The van der Waals surface area contributed by atoms with E-state index in [1.165, 1.54) is 6.92 Å². The summed E-state index contributed by atoms with van der Waals surface area (Å²) in [5, 5.41) is 5.81. The number of hydrogen-bond donors (Lipinski definition) is 2. The average Bonchev–Trinajstić information content (AvgIpc) is 2.79. The Kier molecular flexibility index (Phi) is 7.87. The Morgan fingerprint density at radius 2 is 1.72 bits per heavy atom. The van der Waals surface area contributed by atoms with Crippen molar-refractivity contribution in [2.24, 2.45) is 0 Å². The van der Waals surface area contributed by atoms with E-state index in [1.807, 2.05) is 60.4 Å². The first-order valence-electron chi connectivity index (χ1n) is 10.9. The summed E-state index contributed by atoms with van der Waals surface area (Å²) in [6.45, 7) is 4.55. The van der Waals surface area contributed by atoms with Gasteiger partial charge in [-0.2, -0.15) is 0 Å². The number of para-hydroxylation sites is 1. The van der Waals surface area contributed by atoms with E-state index in [1.54, 1.807) is 7.11 Å². The number of amides is 3. The van der Waals surface area contributed by atoms with Gasteiger partial charge in [-0.25, -0.2) is 0 Å². The second-order valence-corrected chi connectivity index (χ2v) is 8.21.